The molecule has 2 aromatic heterocycles. The Bertz CT molecular complexity index is 700. The lowest BCUT2D eigenvalue weighted by atomic mass is 9.98. The van der Waals surface area contributed by atoms with Crippen LogP contribution in [0, 0.1) is 5.82 Å². The topological polar surface area (TPSA) is 47.5 Å². The fourth-order valence-electron chi connectivity index (χ4n) is 3.59. The predicted molar refractivity (Wildman–Crippen MR) is 86.0 cm³/mol. The highest BCUT2D eigenvalue weighted by Crippen LogP contribution is 2.37. The van der Waals surface area contributed by atoms with Crippen LogP contribution in [0.3, 0.4) is 0 Å². The zero-order valence-electron chi connectivity index (χ0n) is 13.4. The molecule has 2 aliphatic heterocycles. The number of rotatable bonds is 4. The molecule has 4 rings (SSSR count). The van der Waals surface area contributed by atoms with Crippen LogP contribution in [-0.2, 0) is 11.3 Å². The number of nitrogens with zero attached hydrogens (tertiary/aromatic N) is 3. The van der Waals surface area contributed by atoms with Crippen molar-refractivity contribution in [2.24, 2.45) is 0 Å². The monoisotopic (exact) mass is 329 g/mol. The molecule has 2 aromatic rings. The van der Waals surface area contributed by atoms with Gasteiger partial charge in [0.25, 0.3) is 5.88 Å². The van der Waals surface area contributed by atoms with Crippen molar-refractivity contribution in [1.29, 1.82) is 0 Å². The van der Waals surface area contributed by atoms with Gasteiger partial charge in [-0.25, -0.2) is 9.37 Å². The van der Waals surface area contributed by atoms with Gasteiger partial charge >= 0.3 is 0 Å². The molecule has 0 aromatic carbocycles. The first-order valence-electron chi connectivity index (χ1n) is 8.25. The number of hydrogen-bond donors (Lipinski definition) is 0. The van der Waals surface area contributed by atoms with Crippen molar-refractivity contribution in [2.45, 2.75) is 31.1 Å². The molecule has 0 aliphatic carbocycles. The van der Waals surface area contributed by atoms with Gasteiger partial charge in [-0.2, -0.15) is 0 Å². The van der Waals surface area contributed by atoms with E-state index in [2.05, 4.69) is 20.9 Å². The molecular formula is C18H20FN3O2. The molecule has 1 spiro atoms. The van der Waals surface area contributed by atoms with Crippen LogP contribution in [0.15, 0.2) is 42.9 Å². The van der Waals surface area contributed by atoms with E-state index in [0.29, 0.717) is 6.61 Å². The molecule has 24 heavy (non-hydrogen) atoms. The molecule has 5 nitrogen and oxygen atoms in total. The van der Waals surface area contributed by atoms with Crippen molar-refractivity contribution < 1.29 is 13.9 Å². The van der Waals surface area contributed by atoms with Crippen molar-refractivity contribution in [1.82, 2.24) is 14.9 Å². The molecule has 2 atom stereocenters. The summed E-state index contributed by atoms with van der Waals surface area (Å²) in [4.78, 5) is 10.5. The largest absolute Gasteiger partial charge is 0.470 e. The standard InChI is InChI=1S/C18H20FN3O2/c19-16-4-2-7-21-17(16)24-15-9-18(23-12-15)5-8-22(13-18)11-14-3-1-6-20-10-14/h1-4,6-7,10,15H,5,8-9,11-13H2/t15-,18-/m0/s1. The molecule has 126 valence electrons. The highest BCUT2D eigenvalue weighted by molar-refractivity contribution is 5.14. The molecular weight excluding hydrogens is 309 g/mol. The fourth-order valence-corrected chi connectivity index (χ4v) is 3.59. The van der Waals surface area contributed by atoms with Crippen molar-refractivity contribution in [3.63, 3.8) is 0 Å². The van der Waals surface area contributed by atoms with Crippen LogP contribution in [0.25, 0.3) is 0 Å². The van der Waals surface area contributed by atoms with Crippen LogP contribution in [0.4, 0.5) is 4.39 Å². The number of ether oxygens (including phenoxy) is 2. The van der Waals surface area contributed by atoms with Crippen LogP contribution in [0.1, 0.15) is 18.4 Å². The molecule has 6 heteroatoms. The Morgan fingerprint density at radius 2 is 2.25 bits per heavy atom. The van der Waals surface area contributed by atoms with Crippen molar-refractivity contribution in [2.75, 3.05) is 19.7 Å². The summed E-state index contributed by atoms with van der Waals surface area (Å²) >= 11 is 0. The zero-order chi connectivity index (χ0) is 16.4. The number of hydrogen-bond acceptors (Lipinski definition) is 5. The maximum Gasteiger partial charge on any atom is 0.250 e. The van der Waals surface area contributed by atoms with Gasteiger partial charge in [0.1, 0.15) is 6.10 Å². The van der Waals surface area contributed by atoms with E-state index in [1.807, 2.05) is 12.3 Å². The molecule has 2 fully saturated rings. The summed E-state index contributed by atoms with van der Waals surface area (Å²) in [5.74, 6) is -0.364. The molecule has 0 bridgehead atoms. The summed E-state index contributed by atoms with van der Waals surface area (Å²) in [6.07, 6.45) is 6.82. The Hall–Kier alpha value is -2.05. The highest BCUT2D eigenvalue weighted by atomic mass is 19.1. The van der Waals surface area contributed by atoms with E-state index in [1.54, 1.807) is 12.3 Å². The second-order valence-corrected chi connectivity index (χ2v) is 6.55. The molecule has 2 saturated heterocycles. The van der Waals surface area contributed by atoms with E-state index in [1.165, 1.54) is 17.8 Å². The lowest BCUT2D eigenvalue weighted by Crippen LogP contribution is -2.33. The molecule has 0 saturated carbocycles. The van der Waals surface area contributed by atoms with Crippen molar-refractivity contribution in [3.8, 4) is 5.88 Å². The van der Waals surface area contributed by atoms with E-state index in [0.717, 1.165) is 32.5 Å². The fraction of sp³-hybridized carbons (Fsp3) is 0.444. The summed E-state index contributed by atoms with van der Waals surface area (Å²) in [5.41, 5.74) is 1.02. The minimum absolute atomic E-state index is 0.0633. The first-order chi connectivity index (χ1) is 11.7. The van der Waals surface area contributed by atoms with Crippen molar-refractivity contribution >= 4 is 0 Å². The van der Waals surface area contributed by atoms with E-state index in [-0.39, 0.29) is 17.6 Å². The minimum atomic E-state index is -0.428. The summed E-state index contributed by atoms with van der Waals surface area (Å²) in [7, 11) is 0. The van der Waals surface area contributed by atoms with Gasteiger partial charge in [0.05, 0.1) is 12.2 Å². The quantitative estimate of drug-likeness (QED) is 0.862. The second kappa shape index (κ2) is 6.45. The van der Waals surface area contributed by atoms with Gasteiger partial charge in [0.15, 0.2) is 5.82 Å². The van der Waals surface area contributed by atoms with Gasteiger partial charge in [-0.1, -0.05) is 6.07 Å². The third-order valence-corrected chi connectivity index (χ3v) is 4.70. The SMILES string of the molecule is Fc1cccnc1O[C@@H]1CO[C@@]2(CCN(Cc3cccnc3)C2)C1. The highest BCUT2D eigenvalue weighted by Gasteiger charge is 2.46. The van der Waals surface area contributed by atoms with Gasteiger partial charge in [-0.15, -0.1) is 0 Å². The zero-order valence-corrected chi connectivity index (χ0v) is 13.4. The van der Waals surface area contributed by atoms with Crippen LogP contribution in [0.5, 0.6) is 5.88 Å². The second-order valence-electron chi connectivity index (χ2n) is 6.55. The summed E-state index contributed by atoms with van der Waals surface area (Å²) in [6.45, 7) is 3.21. The third-order valence-electron chi connectivity index (χ3n) is 4.70. The maximum absolute atomic E-state index is 13.7. The van der Waals surface area contributed by atoms with Gasteiger partial charge < -0.3 is 9.47 Å². The first-order valence-corrected chi connectivity index (χ1v) is 8.25. The lowest BCUT2D eigenvalue weighted by Gasteiger charge is -2.23. The minimum Gasteiger partial charge on any atom is -0.470 e. The Morgan fingerprint density at radius 1 is 1.33 bits per heavy atom. The average Bonchev–Trinajstić information content (AvgIpc) is 3.17. The van der Waals surface area contributed by atoms with Crippen LogP contribution in [-0.4, -0.2) is 46.3 Å². The van der Waals surface area contributed by atoms with Crippen molar-refractivity contribution in [3.05, 3.63) is 54.2 Å². The summed E-state index contributed by atoms with van der Waals surface area (Å²) < 4.78 is 25.4. The smallest absolute Gasteiger partial charge is 0.250 e. The van der Waals surface area contributed by atoms with Gasteiger partial charge in [-0.05, 0) is 30.2 Å². The lowest BCUT2D eigenvalue weighted by molar-refractivity contribution is 0.00914. The summed E-state index contributed by atoms with van der Waals surface area (Å²) in [5, 5.41) is 0. The Labute approximate surface area is 140 Å². The van der Waals surface area contributed by atoms with Gasteiger partial charge in [0, 0.05) is 44.6 Å². The van der Waals surface area contributed by atoms with Crippen LogP contribution in [0.2, 0.25) is 0 Å². The van der Waals surface area contributed by atoms with E-state index < -0.39 is 5.82 Å². The number of halogens is 1. The number of likely N-dealkylation sites (tertiary alicyclic amines) is 1. The molecule has 0 radical (unpaired) electrons. The molecule has 4 heterocycles. The first kappa shape index (κ1) is 15.5. The molecule has 2 aliphatic rings. The van der Waals surface area contributed by atoms with Gasteiger partial charge in [-0.3, -0.25) is 9.88 Å². The normalized spacial score (nSPS) is 27.0. The van der Waals surface area contributed by atoms with Crippen LogP contribution >= 0.6 is 0 Å². The van der Waals surface area contributed by atoms with Gasteiger partial charge in [0.2, 0.25) is 0 Å². The van der Waals surface area contributed by atoms with E-state index in [9.17, 15) is 4.39 Å². The average molecular weight is 329 g/mol. The Morgan fingerprint density at radius 3 is 3.08 bits per heavy atom. The third kappa shape index (κ3) is 3.25. The summed E-state index contributed by atoms with van der Waals surface area (Å²) in [6, 6.07) is 6.96. The number of pyridine rings is 2. The Kier molecular flexibility index (Phi) is 4.16. The number of aromatic nitrogens is 2. The van der Waals surface area contributed by atoms with E-state index in [4.69, 9.17) is 9.47 Å². The molecule has 0 N–H and O–H groups in total. The molecule has 0 unspecified atom stereocenters. The predicted octanol–water partition coefficient (Wildman–Crippen LogP) is 2.43. The van der Waals surface area contributed by atoms with E-state index >= 15 is 0 Å². The van der Waals surface area contributed by atoms with Crippen LogP contribution < -0.4 is 4.74 Å². The maximum atomic E-state index is 13.7. The Balaban J connectivity index is 1.35. The molecule has 0 amide bonds.